The van der Waals surface area contributed by atoms with Crippen LogP contribution in [-0.2, 0) is 6.54 Å². The van der Waals surface area contributed by atoms with Crippen LogP contribution in [0.2, 0.25) is 0 Å². The van der Waals surface area contributed by atoms with Crippen LogP contribution in [0.5, 0.6) is 0 Å². The summed E-state index contributed by atoms with van der Waals surface area (Å²) in [5, 5.41) is 11.5. The molecule has 3 heterocycles. The number of benzene rings is 1. The first-order valence-corrected chi connectivity index (χ1v) is 12.0. The number of nitrogens with one attached hydrogen (secondary N) is 3. The lowest BCUT2D eigenvalue weighted by Gasteiger charge is -2.29. The van der Waals surface area contributed by atoms with Gasteiger partial charge in [0.25, 0.3) is 0 Å². The first kappa shape index (κ1) is 22.6. The van der Waals surface area contributed by atoms with Crippen LogP contribution in [0.15, 0.2) is 36.5 Å². The molecule has 4 rings (SSSR count). The van der Waals surface area contributed by atoms with Gasteiger partial charge in [0.15, 0.2) is 0 Å². The molecule has 32 heavy (non-hydrogen) atoms. The molecular weight excluding hydrogens is 398 g/mol. The van der Waals surface area contributed by atoms with Crippen molar-refractivity contribution in [2.45, 2.75) is 59.2 Å². The third kappa shape index (κ3) is 5.05. The lowest BCUT2D eigenvalue weighted by atomic mass is 10.1. The van der Waals surface area contributed by atoms with Gasteiger partial charge in [-0.05, 0) is 43.2 Å². The smallest absolute Gasteiger partial charge is 0.229 e. The van der Waals surface area contributed by atoms with Gasteiger partial charge in [-0.15, -0.1) is 0 Å². The van der Waals surface area contributed by atoms with E-state index < -0.39 is 0 Å². The van der Waals surface area contributed by atoms with Gasteiger partial charge in [-0.25, -0.2) is 4.98 Å². The molecule has 1 aliphatic rings. The third-order valence-corrected chi connectivity index (χ3v) is 6.26. The Bertz CT molecular complexity index is 999. The Labute approximate surface area is 191 Å². The normalized spacial score (nSPS) is 14.6. The molecular formula is C25H37N7. The van der Waals surface area contributed by atoms with Gasteiger partial charge in [-0.2, -0.15) is 4.98 Å². The maximum atomic E-state index is 4.94. The summed E-state index contributed by atoms with van der Waals surface area (Å²) in [6.07, 6.45) is 4.10. The number of hydrogen-bond donors (Lipinski definition) is 3. The summed E-state index contributed by atoms with van der Waals surface area (Å²) in [6, 6.07) is 11.7. The Morgan fingerprint density at radius 2 is 1.78 bits per heavy atom. The van der Waals surface area contributed by atoms with Crippen molar-refractivity contribution in [2.75, 3.05) is 36.4 Å². The molecule has 3 N–H and O–H groups in total. The predicted octanol–water partition coefficient (Wildman–Crippen LogP) is 4.44. The maximum absolute atomic E-state index is 4.94. The number of anilines is 3. The average Bonchev–Trinajstić information content (AvgIpc) is 3.17. The first-order valence-electron chi connectivity index (χ1n) is 12.0. The second-order valence-corrected chi connectivity index (χ2v) is 8.89. The van der Waals surface area contributed by atoms with E-state index in [9.17, 15) is 0 Å². The zero-order valence-corrected chi connectivity index (χ0v) is 19.9. The molecule has 0 amide bonds. The lowest BCUT2D eigenvalue weighted by Crippen LogP contribution is -2.43. The summed E-state index contributed by atoms with van der Waals surface area (Å²) in [4.78, 5) is 12.0. The van der Waals surface area contributed by atoms with Gasteiger partial charge >= 0.3 is 0 Å². The minimum absolute atomic E-state index is 0.428. The maximum Gasteiger partial charge on any atom is 0.229 e. The van der Waals surface area contributed by atoms with E-state index in [1.54, 1.807) is 0 Å². The highest BCUT2D eigenvalue weighted by Crippen LogP contribution is 2.28. The van der Waals surface area contributed by atoms with Gasteiger partial charge in [0.2, 0.25) is 5.95 Å². The Kier molecular flexibility index (Phi) is 7.27. The quantitative estimate of drug-likeness (QED) is 0.462. The fourth-order valence-corrected chi connectivity index (χ4v) is 4.44. The highest BCUT2D eigenvalue weighted by atomic mass is 15.2. The van der Waals surface area contributed by atoms with Crippen molar-refractivity contribution in [3.63, 3.8) is 0 Å². The fraction of sp³-hybridized carbons (Fsp3) is 0.520. The lowest BCUT2D eigenvalue weighted by molar-refractivity contribution is 0.456. The molecule has 1 fully saturated rings. The van der Waals surface area contributed by atoms with E-state index in [1.165, 1.54) is 11.4 Å². The minimum Gasteiger partial charge on any atom is -0.369 e. The Hall–Kier alpha value is -2.64. The Balaban J connectivity index is 1.58. The largest absolute Gasteiger partial charge is 0.369 e. The van der Waals surface area contributed by atoms with Crippen molar-refractivity contribution in [3.8, 4) is 0 Å². The fourth-order valence-electron chi connectivity index (χ4n) is 4.44. The van der Waals surface area contributed by atoms with E-state index >= 15 is 0 Å². The third-order valence-electron chi connectivity index (χ3n) is 6.26. The molecule has 0 radical (unpaired) electrons. The van der Waals surface area contributed by atoms with Crippen molar-refractivity contribution < 1.29 is 0 Å². The van der Waals surface area contributed by atoms with Gasteiger partial charge in [0, 0.05) is 73.5 Å². The summed E-state index contributed by atoms with van der Waals surface area (Å²) in [5.41, 5.74) is 4.55. The molecule has 3 aromatic rings. The van der Waals surface area contributed by atoms with Gasteiger partial charge < -0.3 is 25.4 Å². The molecule has 0 atom stereocenters. The molecule has 0 unspecified atom stereocenters. The predicted molar refractivity (Wildman–Crippen MR) is 134 cm³/mol. The Morgan fingerprint density at radius 1 is 1.06 bits per heavy atom. The van der Waals surface area contributed by atoms with Crippen molar-refractivity contribution in [2.24, 2.45) is 0 Å². The molecule has 1 saturated heterocycles. The van der Waals surface area contributed by atoms with E-state index in [2.05, 4.69) is 88.4 Å². The van der Waals surface area contributed by atoms with Crippen LogP contribution < -0.4 is 20.9 Å². The van der Waals surface area contributed by atoms with Crippen LogP contribution in [-0.4, -0.2) is 46.8 Å². The van der Waals surface area contributed by atoms with E-state index in [4.69, 9.17) is 4.98 Å². The number of piperazine rings is 1. The minimum atomic E-state index is 0.428. The van der Waals surface area contributed by atoms with Crippen LogP contribution in [0.25, 0.3) is 11.0 Å². The van der Waals surface area contributed by atoms with Crippen LogP contribution in [0.3, 0.4) is 0 Å². The van der Waals surface area contributed by atoms with Gasteiger partial charge in [-0.3, -0.25) is 0 Å². The van der Waals surface area contributed by atoms with Crippen molar-refractivity contribution >= 4 is 28.4 Å². The number of rotatable bonds is 9. The second-order valence-electron chi connectivity index (χ2n) is 8.89. The van der Waals surface area contributed by atoms with Crippen molar-refractivity contribution in [3.05, 3.63) is 42.2 Å². The van der Waals surface area contributed by atoms with Crippen molar-refractivity contribution in [1.29, 1.82) is 0 Å². The SMILES string of the molecule is CCC(CC)n1c(CNC(C)C)cc2cnc(Nc3ccc(N4CCNCC4)cc3)nc21. The monoisotopic (exact) mass is 435 g/mol. The molecule has 2 aromatic heterocycles. The molecule has 0 saturated carbocycles. The number of aromatic nitrogens is 3. The molecule has 7 nitrogen and oxygen atoms in total. The van der Waals surface area contributed by atoms with E-state index in [0.29, 0.717) is 18.0 Å². The van der Waals surface area contributed by atoms with E-state index in [0.717, 1.165) is 62.3 Å². The van der Waals surface area contributed by atoms with Gasteiger partial charge in [0.1, 0.15) is 5.65 Å². The average molecular weight is 436 g/mol. The molecule has 1 aromatic carbocycles. The standard InChI is InChI=1S/C25H37N7/c1-5-21(6-2)32-23(17-27-18(3)4)15-19-16-28-25(30-24(19)32)29-20-7-9-22(10-8-20)31-13-11-26-12-14-31/h7-10,15-16,18,21,26-27H,5-6,11-14,17H2,1-4H3,(H,28,29,30). The van der Waals surface area contributed by atoms with Gasteiger partial charge in [0.05, 0.1) is 0 Å². The highest BCUT2D eigenvalue weighted by Gasteiger charge is 2.18. The number of hydrogen-bond acceptors (Lipinski definition) is 6. The summed E-state index contributed by atoms with van der Waals surface area (Å²) < 4.78 is 2.41. The topological polar surface area (TPSA) is 70.0 Å². The zero-order chi connectivity index (χ0) is 22.5. The van der Waals surface area contributed by atoms with Crippen LogP contribution in [0, 0.1) is 0 Å². The molecule has 172 valence electrons. The Morgan fingerprint density at radius 3 is 2.44 bits per heavy atom. The summed E-state index contributed by atoms with van der Waals surface area (Å²) in [6.45, 7) is 13.9. The molecule has 0 bridgehead atoms. The van der Waals surface area contributed by atoms with Crippen molar-refractivity contribution in [1.82, 2.24) is 25.2 Å². The van der Waals surface area contributed by atoms with Crippen LogP contribution >= 0.6 is 0 Å². The molecule has 0 spiro atoms. The molecule has 1 aliphatic heterocycles. The number of fused-ring (bicyclic) bond motifs is 1. The van der Waals surface area contributed by atoms with Crippen LogP contribution in [0.4, 0.5) is 17.3 Å². The number of nitrogens with zero attached hydrogens (tertiary/aromatic N) is 4. The molecule has 0 aliphatic carbocycles. The second kappa shape index (κ2) is 10.3. The van der Waals surface area contributed by atoms with Crippen LogP contribution in [0.1, 0.15) is 52.3 Å². The van der Waals surface area contributed by atoms with Gasteiger partial charge in [-0.1, -0.05) is 27.7 Å². The summed E-state index contributed by atoms with van der Waals surface area (Å²) >= 11 is 0. The first-order chi connectivity index (χ1) is 15.6. The summed E-state index contributed by atoms with van der Waals surface area (Å²) in [5.74, 6) is 0.640. The van der Waals surface area contributed by atoms with E-state index in [1.807, 2.05) is 6.20 Å². The van der Waals surface area contributed by atoms with E-state index in [-0.39, 0.29) is 0 Å². The summed E-state index contributed by atoms with van der Waals surface area (Å²) in [7, 11) is 0. The molecule has 7 heteroatoms. The highest BCUT2D eigenvalue weighted by molar-refractivity contribution is 5.78. The zero-order valence-electron chi connectivity index (χ0n) is 19.9.